The number of thiophene rings is 1. The monoisotopic (exact) mass is 385 g/mol. The van der Waals surface area contributed by atoms with Crippen LogP contribution in [-0.4, -0.2) is 34.8 Å². The average Bonchev–Trinajstić information content (AvgIpc) is 3.20. The number of hydrogen-bond acceptors (Lipinski definition) is 5. The molecule has 3 N–H and O–H groups in total. The van der Waals surface area contributed by atoms with E-state index in [4.69, 9.17) is 0 Å². The average molecular weight is 385 g/mol. The summed E-state index contributed by atoms with van der Waals surface area (Å²) in [6.45, 7) is 0. The summed E-state index contributed by atoms with van der Waals surface area (Å²) in [5.41, 5.74) is 1.57. The number of amides is 1. The van der Waals surface area contributed by atoms with E-state index in [-0.39, 0.29) is 17.6 Å². The van der Waals surface area contributed by atoms with Crippen LogP contribution in [-0.2, 0) is 11.2 Å². The number of carbonyl (C=O) groups is 2. The number of carbonyl (C=O) groups excluding carboxylic acids is 2. The van der Waals surface area contributed by atoms with Gasteiger partial charge in [0.2, 0.25) is 5.91 Å². The lowest BCUT2D eigenvalue weighted by atomic mass is 9.73. The Bertz CT molecular complexity index is 751. The molecule has 1 aromatic heterocycles. The third kappa shape index (κ3) is 5.06. The number of benzene rings is 1. The normalized spacial score (nSPS) is 20.7. The molecular weight excluding hydrogens is 361 g/mol. The molecule has 5 nitrogen and oxygen atoms in total. The minimum absolute atomic E-state index is 0.00520. The van der Waals surface area contributed by atoms with Crippen molar-refractivity contribution in [3.63, 3.8) is 0 Å². The Morgan fingerprint density at radius 3 is 2.44 bits per heavy atom. The van der Waals surface area contributed by atoms with Gasteiger partial charge in [-0.25, -0.2) is 0 Å². The molecule has 0 bridgehead atoms. The van der Waals surface area contributed by atoms with Crippen molar-refractivity contribution >= 4 is 30.1 Å². The minimum atomic E-state index is -1.65. The summed E-state index contributed by atoms with van der Waals surface area (Å²) < 4.78 is 0. The molecule has 27 heavy (non-hydrogen) atoms. The third-order valence-electron chi connectivity index (χ3n) is 5.22. The van der Waals surface area contributed by atoms with Crippen molar-refractivity contribution in [3.05, 3.63) is 58.3 Å². The molecule has 3 rings (SSSR count). The van der Waals surface area contributed by atoms with Crippen LogP contribution in [0.2, 0.25) is 0 Å². The first-order valence-electron chi connectivity index (χ1n) is 9.33. The largest absolute Gasteiger partial charge is 0.475 e. The van der Waals surface area contributed by atoms with Crippen LogP contribution in [0.15, 0.2) is 47.2 Å². The van der Waals surface area contributed by atoms with Crippen LogP contribution >= 0.6 is 11.3 Å². The van der Waals surface area contributed by atoms with Crippen molar-refractivity contribution in [3.8, 4) is 0 Å². The Hall–Kier alpha value is -1.96. The van der Waals surface area contributed by atoms with Gasteiger partial charge in [0.15, 0.2) is 5.78 Å². The fourth-order valence-corrected chi connectivity index (χ4v) is 4.44. The van der Waals surface area contributed by atoms with E-state index in [2.05, 4.69) is 5.32 Å². The van der Waals surface area contributed by atoms with Crippen LogP contribution in [0, 0.1) is 11.8 Å². The maximum Gasteiger partial charge on any atom is 0.475 e. The van der Waals surface area contributed by atoms with Crippen LogP contribution in [0.5, 0.6) is 0 Å². The summed E-state index contributed by atoms with van der Waals surface area (Å²) in [4.78, 5) is 25.8. The van der Waals surface area contributed by atoms with Crippen LogP contribution in [0.4, 0.5) is 0 Å². The van der Waals surface area contributed by atoms with Gasteiger partial charge in [-0.2, -0.15) is 11.3 Å². The summed E-state index contributed by atoms with van der Waals surface area (Å²) >= 11 is 1.52. The highest BCUT2D eigenvalue weighted by Gasteiger charge is 2.38. The van der Waals surface area contributed by atoms with Gasteiger partial charge in [0, 0.05) is 17.4 Å². The highest BCUT2D eigenvalue weighted by atomic mass is 32.1. The van der Waals surface area contributed by atoms with Gasteiger partial charge in [0.25, 0.3) is 0 Å². The van der Waals surface area contributed by atoms with Crippen molar-refractivity contribution < 1.29 is 19.6 Å². The van der Waals surface area contributed by atoms with E-state index in [1.807, 2.05) is 35.0 Å². The molecule has 7 heteroatoms. The zero-order valence-corrected chi connectivity index (χ0v) is 15.9. The molecule has 3 atom stereocenters. The smallest absolute Gasteiger partial charge is 0.426 e. The lowest BCUT2D eigenvalue weighted by molar-refractivity contribution is -0.127. The first-order chi connectivity index (χ1) is 13.1. The Morgan fingerprint density at radius 2 is 1.81 bits per heavy atom. The van der Waals surface area contributed by atoms with Crippen molar-refractivity contribution in [1.29, 1.82) is 0 Å². The van der Waals surface area contributed by atoms with E-state index in [0.717, 1.165) is 18.4 Å². The maximum atomic E-state index is 12.9. The summed E-state index contributed by atoms with van der Waals surface area (Å²) in [7, 11) is -1.65. The molecule has 1 aliphatic carbocycles. The molecule has 3 unspecified atom stereocenters. The van der Waals surface area contributed by atoms with Crippen molar-refractivity contribution in [2.45, 2.75) is 38.0 Å². The zero-order chi connectivity index (χ0) is 19.2. The predicted molar refractivity (Wildman–Crippen MR) is 106 cm³/mol. The molecular formula is C20H24BNO4S. The Balaban J connectivity index is 1.71. The Morgan fingerprint density at radius 1 is 1.11 bits per heavy atom. The van der Waals surface area contributed by atoms with Gasteiger partial charge < -0.3 is 15.4 Å². The van der Waals surface area contributed by atoms with Gasteiger partial charge in [-0.3, -0.25) is 9.59 Å². The predicted octanol–water partition coefficient (Wildman–Crippen LogP) is 2.48. The van der Waals surface area contributed by atoms with E-state index in [1.165, 1.54) is 11.3 Å². The molecule has 1 amide bonds. The van der Waals surface area contributed by atoms with Gasteiger partial charge in [-0.15, -0.1) is 0 Å². The molecule has 1 fully saturated rings. The number of ketones is 1. The van der Waals surface area contributed by atoms with Gasteiger partial charge in [0.1, 0.15) is 0 Å². The highest BCUT2D eigenvalue weighted by Crippen LogP contribution is 2.33. The molecule has 0 spiro atoms. The molecule has 1 aliphatic rings. The summed E-state index contributed by atoms with van der Waals surface area (Å²) in [6.07, 6.45) is 3.49. The summed E-state index contributed by atoms with van der Waals surface area (Å²) in [6, 6.07) is 11.0. The van der Waals surface area contributed by atoms with Gasteiger partial charge in [0.05, 0.1) is 5.94 Å². The molecule has 142 valence electrons. The van der Waals surface area contributed by atoms with Gasteiger partial charge in [-0.1, -0.05) is 43.2 Å². The number of rotatable bonds is 7. The second kappa shape index (κ2) is 9.31. The van der Waals surface area contributed by atoms with Crippen LogP contribution in [0.25, 0.3) is 0 Å². The van der Waals surface area contributed by atoms with E-state index < -0.39 is 19.0 Å². The Kier molecular flexibility index (Phi) is 6.82. The molecule has 2 aromatic rings. The standard InChI is InChI=1S/C20H24BNO4S/c23-19(15-6-2-1-3-7-15)16-8-4-5-9-17(16)20(24)22-18(21(25)26)12-14-10-11-27-13-14/h1-3,6-7,10-11,13,16-18,25-26H,4-5,8-9,12H2,(H,22,24). The number of nitrogens with one attached hydrogen (secondary N) is 1. The molecule has 1 saturated carbocycles. The van der Waals surface area contributed by atoms with E-state index >= 15 is 0 Å². The topological polar surface area (TPSA) is 86.6 Å². The molecule has 0 saturated heterocycles. The van der Waals surface area contributed by atoms with Crippen LogP contribution < -0.4 is 5.32 Å². The van der Waals surface area contributed by atoms with Crippen molar-refractivity contribution in [2.75, 3.05) is 0 Å². The van der Waals surface area contributed by atoms with Gasteiger partial charge >= 0.3 is 7.12 Å². The lowest BCUT2D eigenvalue weighted by Gasteiger charge is -2.31. The first-order valence-corrected chi connectivity index (χ1v) is 10.3. The van der Waals surface area contributed by atoms with Crippen LogP contribution in [0.1, 0.15) is 41.6 Å². The molecule has 1 aromatic carbocycles. The SMILES string of the molecule is O=C(NC(Cc1ccsc1)B(O)O)C1CCCCC1C(=O)c1ccccc1. The minimum Gasteiger partial charge on any atom is -0.426 e. The van der Waals surface area contributed by atoms with E-state index in [0.29, 0.717) is 24.8 Å². The quantitative estimate of drug-likeness (QED) is 0.505. The molecule has 1 heterocycles. The van der Waals surface area contributed by atoms with Gasteiger partial charge in [-0.05, 0) is 41.7 Å². The maximum absolute atomic E-state index is 12.9. The van der Waals surface area contributed by atoms with Crippen LogP contribution in [0.3, 0.4) is 0 Å². The highest BCUT2D eigenvalue weighted by molar-refractivity contribution is 7.07. The number of Topliss-reactive ketones (excluding diaryl/α,β-unsaturated/α-hetero) is 1. The van der Waals surface area contributed by atoms with Crippen molar-refractivity contribution in [1.82, 2.24) is 5.32 Å². The molecule has 0 radical (unpaired) electrons. The third-order valence-corrected chi connectivity index (χ3v) is 5.95. The summed E-state index contributed by atoms with van der Waals surface area (Å²) in [5.74, 6) is -1.86. The summed E-state index contributed by atoms with van der Waals surface area (Å²) in [5, 5.41) is 26.0. The second-order valence-corrected chi connectivity index (χ2v) is 7.87. The zero-order valence-electron chi connectivity index (χ0n) is 15.1. The van der Waals surface area contributed by atoms with E-state index in [1.54, 1.807) is 12.1 Å². The lowest BCUT2D eigenvalue weighted by Crippen LogP contribution is -2.51. The Labute approximate surface area is 163 Å². The first kappa shape index (κ1) is 19.8. The fraction of sp³-hybridized carbons (Fsp3) is 0.400. The van der Waals surface area contributed by atoms with E-state index in [9.17, 15) is 19.6 Å². The number of hydrogen-bond donors (Lipinski definition) is 3. The fourth-order valence-electron chi connectivity index (χ4n) is 3.76. The second-order valence-electron chi connectivity index (χ2n) is 7.09. The molecule has 0 aliphatic heterocycles. The van der Waals surface area contributed by atoms with Crippen molar-refractivity contribution in [2.24, 2.45) is 11.8 Å².